The minimum Gasteiger partial charge on any atom is -0.468 e. The van der Waals surface area contributed by atoms with Crippen LogP contribution in [0.1, 0.15) is 12.5 Å². The van der Waals surface area contributed by atoms with Crippen LogP contribution in [0.3, 0.4) is 0 Å². The summed E-state index contributed by atoms with van der Waals surface area (Å²) in [7, 11) is -2.46. The van der Waals surface area contributed by atoms with Crippen LogP contribution >= 0.6 is 11.6 Å². The van der Waals surface area contributed by atoms with Gasteiger partial charge in [-0.1, -0.05) is 19.1 Å². The van der Waals surface area contributed by atoms with Gasteiger partial charge in [-0.25, -0.2) is 8.42 Å². The number of nitrogens with zero attached hydrogens (tertiary/aromatic N) is 1. The molecule has 0 saturated heterocycles. The third-order valence-electron chi connectivity index (χ3n) is 2.83. The fourth-order valence-electron chi connectivity index (χ4n) is 1.66. The first kappa shape index (κ1) is 16.9. The Balaban J connectivity index is 2.98. The summed E-state index contributed by atoms with van der Waals surface area (Å²) in [5.74, 6) is -0.107. The Labute approximate surface area is 124 Å². The first-order valence-corrected chi connectivity index (χ1v) is 8.15. The zero-order valence-electron chi connectivity index (χ0n) is 11.5. The van der Waals surface area contributed by atoms with Crippen LogP contribution in [0.4, 0.5) is 0 Å². The number of rotatable bonds is 7. The molecule has 112 valence electrons. The van der Waals surface area contributed by atoms with Gasteiger partial charge in [0.1, 0.15) is 6.54 Å². The summed E-state index contributed by atoms with van der Waals surface area (Å²) in [6.07, 6.45) is 0.682. The van der Waals surface area contributed by atoms with Gasteiger partial charge >= 0.3 is 5.97 Å². The fourth-order valence-corrected chi connectivity index (χ4v) is 3.27. The Morgan fingerprint density at radius 3 is 2.35 bits per heavy atom. The molecule has 0 aliphatic rings. The summed E-state index contributed by atoms with van der Waals surface area (Å²) in [6, 6.07) is 6.50. The molecule has 0 atom stereocenters. The van der Waals surface area contributed by atoms with Crippen molar-refractivity contribution in [3.63, 3.8) is 0 Å². The first-order chi connectivity index (χ1) is 9.45. The molecule has 0 aromatic heterocycles. The maximum absolute atomic E-state index is 12.4. The van der Waals surface area contributed by atoms with E-state index in [4.69, 9.17) is 11.6 Å². The molecule has 0 aliphatic heterocycles. The number of methoxy groups -OCH3 is 1. The summed E-state index contributed by atoms with van der Waals surface area (Å²) in [6.45, 7) is 1.57. The van der Waals surface area contributed by atoms with Crippen LogP contribution in [-0.4, -0.2) is 44.8 Å². The number of hydrogen-bond acceptors (Lipinski definition) is 4. The topological polar surface area (TPSA) is 63.7 Å². The lowest BCUT2D eigenvalue weighted by atomic mass is 10.2. The van der Waals surface area contributed by atoms with E-state index in [0.717, 1.165) is 9.87 Å². The summed E-state index contributed by atoms with van der Waals surface area (Å²) < 4.78 is 30.3. The van der Waals surface area contributed by atoms with Crippen LogP contribution in [0.15, 0.2) is 29.2 Å². The van der Waals surface area contributed by atoms with Gasteiger partial charge in [0, 0.05) is 12.4 Å². The molecule has 0 spiro atoms. The van der Waals surface area contributed by atoms with Gasteiger partial charge in [-0.2, -0.15) is 4.31 Å². The van der Waals surface area contributed by atoms with E-state index < -0.39 is 16.0 Å². The Morgan fingerprint density at radius 1 is 1.30 bits per heavy atom. The highest BCUT2D eigenvalue weighted by Crippen LogP contribution is 2.16. The minimum atomic E-state index is -3.69. The molecule has 0 fully saturated rings. The van der Waals surface area contributed by atoms with E-state index in [-0.39, 0.29) is 18.0 Å². The van der Waals surface area contributed by atoms with Crippen molar-refractivity contribution in [3.8, 4) is 0 Å². The smallest absolute Gasteiger partial charge is 0.321 e. The van der Waals surface area contributed by atoms with Crippen LogP contribution < -0.4 is 0 Å². The van der Waals surface area contributed by atoms with Crippen molar-refractivity contribution in [1.82, 2.24) is 4.31 Å². The number of carbonyl (C=O) groups is 1. The molecule has 0 radical (unpaired) electrons. The number of likely N-dealkylation sites (N-methyl/N-ethyl adjacent to an activating group) is 1. The number of alkyl halides is 1. The highest BCUT2D eigenvalue weighted by atomic mass is 35.5. The van der Waals surface area contributed by atoms with Gasteiger partial charge in [0.05, 0.1) is 12.0 Å². The predicted octanol–water partition coefficient (Wildman–Crippen LogP) is 1.65. The molecule has 0 N–H and O–H groups in total. The number of carbonyl (C=O) groups excluding carboxylic acids is 1. The fraction of sp³-hybridized carbons (Fsp3) is 0.462. The molecule has 1 aromatic rings. The van der Waals surface area contributed by atoms with E-state index in [1.54, 1.807) is 19.1 Å². The SMILES string of the molecule is CCN(CC(=O)OC)S(=O)(=O)c1ccc(CCCl)cc1. The average molecular weight is 320 g/mol. The molecule has 0 heterocycles. The zero-order valence-corrected chi connectivity index (χ0v) is 13.1. The number of benzene rings is 1. The van der Waals surface area contributed by atoms with Gasteiger partial charge in [0.15, 0.2) is 0 Å². The van der Waals surface area contributed by atoms with E-state index in [9.17, 15) is 13.2 Å². The highest BCUT2D eigenvalue weighted by Gasteiger charge is 2.25. The lowest BCUT2D eigenvalue weighted by molar-refractivity contribution is -0.140. The van der Waals surface area contributed by atoms with Crippen molar-refractivity contribution >= 4 is 27.6 Å². The largest absolute Gasteiger partial charge is 0.468 e. The first-order valence-electron chi connectivity index (χ1n) is 6.17. The number of aryl methyl sites for hydroxylation is 1. The minimum absolute atomic E-state index is 0.154. The van der Waals surface area contributed by atoms with Crippen LogP contribution in [0.5, 0.6) is 0 Å². The number of hydrogen-bond donors (Lipinski definition) is 0. The third-order valence-corrected chi connectivity index (χ3v) is 4.95. The van der Waals surface area contributed by atoms with E-state index in [1.165, 1.54) is 19.2 Å². The van der Waals surface area contributed by atoms with E-state index >= 15 is 0 Å². The lowest BCUT2D eigenvalue weighted by Crippen LogP contribution is -2.36. The molecule has 0 amide bonds. The van der Waals surface area contributed by atoms with Crippen molar-refractivity contribution in [2.24, 2.45) is 0 Å². The molecule has 5 nitrogen and oxygen atoms in total. The Hall–Kier alpha value is -1.11. The van der Waals surface area contributed by atoms with Crippen LogP contribution in [0.2, 0.25) is 0 Å². The molecule has 20 heavy (non-hydrogen) atoms. The second-order valence-electron chi connectivity index (χ2n) is 4.09. The summed E-state index contributed by atoms with van der Waals surface area (Å²) >= 11 is 5.63. The van der Waals surface area contributed by atoms with Crippen molar-refractivity contribution in [2.75, 3.05) is 26.1 Å². The number of sulfonamides is 1. The molecule has 0 unspecified atom stereocenters. The van der Waals surface area contributed by atoms with Crippen molar-refractivity contribution in [1.29, 1.82) is 0 Å². The zero-order chi connectivity index (χ0) is 15.2. The van der Waals surface area contributed by atoms with Crippen molar-refractivity contribution in [3.05, 3.63) is 29.8 Å². The Morgan fingerprint density at radius 2 is 1.90 bits per heavy atom. The summed E-state index contributed by atoms with van der Waals surface area (Å²) in [5.41, 5.74) is 0.968. The molecule has 7 heteroatoms. The predicted molar refractivity (Wildman–Crippen MR) is 77.3 cm³/mol. The average Bonchev–Trinajstić information content (AvgIpc) is 2.45. The van der Waals surface area contributed by atoms with Crippen molar-refractivity contribution in [2.45, 2.75) is 18.2 Å². The van der Waals surface area contributed by atoms with Gasteiger partial charge in [0.25, 0.3) is 0 Å². The molecule has 0 saturated carbocycles. The normalized spacial score (nSPS) is 11.6. The van der Waals surface area contributed by atoms with Crippen LogP contribution in [0.25, 0.3) is 0 Å². The van der Waals surface area contributed by atoms with Gasteiger partial charge in [-0.15, -0.1) is 11.6 Å². The second-order valence-corrected chi connectivity index (χ2v) is 6.41. The van der Waals surface area contributed by atoms with E-state index in [2.05, 4.69) is 4.74 Å². The van der Waals surface area contributed by atoms with Crippen LogP contribution in [-0.2, 0) is 26.0 Å². The monoisotopic (exact) mass is 319 g/mol. The van der Waals surface area contributed by atoms with Gasteiger partial charge in [0.2, 0.25) is 10.0 Å². The maximum atomic E-state index is 12.4. The lowest BCUT2D eigenvalue weighted by Gasteiger charge is -2.19. The third kappa shape index (κ3) is 4.19. The van der Waals surface area contributed by atoms with Crippen LogP contribution in [0, 0.1) is 0 Å². The quantitative estimate of drug-likeness (QED) is 0.566. The Kier molecular flexibility index (Phi) is 6.45. The number of esters is 1. The highest BCUT2D eigenvalue weighted by molar-refractivity contribution is 7.89. The van der Waals surface area contributed by atoms with Crippen molar-refractivity contribution < 1.29 is 17.9 Å². The summed E-state index contributed by atoms with van der Waals surface area (Å²) in [4.78, 5) is 11.4. The summed E-state index contributed by atoms with van der Waals surface area (Å²) in [5, 5.41) is 0. The van der Waals surface area contributed by atoms with E-state index in [0.29, 0.717) is 12.3 Å². The molecular weight excluding hydrogens is 302 g/mol. The molecule has 0 bridgehead atoms. The number of halogens is 1. The molecule has 0 aliphatic carbocycles. The number of ether oxygens (including phenoxy) is 1. The van der Waals surface area contributed by atoms with E-state index in [1.807, 2.05) is 0 Å². The van der Waals surface area contributed by atoms with Gasteiger partial charge in [-0.05, 0) is 24.1 Å². The Bertz CT molecular complexity index is 542. The second kappa shape index (κ2) is 7.61. The maximum Gasteiger partial charge on any atom is 0.321 e. The van der Waals surface area contributed by atoms with Gasteiger partial charge < -0.3 is 4.74 Å². The van der Waals surface area contributed by atoms with Gasteiger partial charge in [-0.3, -0.25) is 4.79 Å². The molecule has 1 rings (SSSR count). The standard InChI is InChI=1S/C13H18ClNO4S/c1-3-15(10-13(16)19-2)20(17,18)12-6-4-11(5-7-12)8-9-14/h4-7H,3,8-10H2,1-2H3. The molecular formula is C13H18ClNO4S. The molecule has 1 aromatic carbocycles.